The highest BCUT2D eigenvalue weighted by Crippen LogP contribution is 2.17. The maximum absolute atomic E-state index is 5.36. The number of nitrogens with zero attached hydrogens (tertiary/aromatic N) is 5. The molecule has 2 aromatic rings. The highest BCUT2D eigenvalue weighted by Gasteiger charge is 2.20. The van der Waals surface area contributed by atoms with Crippen LogP contribution < -0.4 is 0 Å². The number of hydrogen-bond donors (Lipinski definition) is 0. The van der Waals surface area contributed by atoms with Gasteiger partial charge in [0.05, 0.1) is 12.2 Å². The molecule has 8 nitrogen and oxygen atoms in total. The SMILES string of the molecule is CO[C@@H](C)c1noc(CN2CCCN(Cc3c(C)noc3C)CC2)n1. The lowest BCUT2D eigenvalue weighted by molar-refractivity contribution is 0.109. The van der Waals surface area contributed by atoms with Crippen molar-refractivity contribution in [2.24, 2.45) is 0 Å². The molecule has 0 saturated carbocycles. The van der Waals surface area contributed by atoms with Gasteiger partial charge in [0.15, 0.2) is 5.82 Å². The zero-order chi connectivity index (χ0) is 17.8. The molecule has 0 unspecified atom stereocenters. The fourth-order valence-corrected chi connectivity index (χ4v) is 3.09. The molecule has 8 heteroatoms. The summed E-state index contributed by atoms with van der Waals surface area (Å²) >= 11 is 0. The van der Waals surface area contributed by atoms with Crippen molar-refractivity contribution in [2.45, 2.75) is 46.4 Å². The van der Waals surface area contributed by atoms with Gasteiger partial charge in [-0.2, -0.15) is 4.98 Å². The third-order valence-corrected chi connectivity index (χ3v) is 4.80. The van der Waals surface area contributed by atoms with Gasteiger partial charge >= 0.3 is 0 Å². The van der Waals surface area contributed by atoms with Crippen LogP contribution in [0.3, 0.4) is 0 Å². The lowest BCUT2D eigenvalue weighted by atomic mass is 10.2. The zero-order valence-corrected chi connectivity index (χ0v) is 15.5. The minimum absolute atomic E-state index is 0.146. The van der Waals surface area contributed by atoms with Crippen LogP contribution in [0.4, 0.5) is 0 Å². The average Bonchev–Trinajstić information content (AvgIpc) is 3.11. The van der Waals surface area contributed by atoms with E-state index < -0.39 is 0 Å². The number of aromatic nitrogens is 3. The van der Waals surface area contributed by atoms with Gasteiger partial charge in [-0.05, 0) is 40.3 Å². The van der Waals surface area contributed by atoms with Crippen molar-refractivity contribution in [1.29, 1.82) is 0 Å². The molecule has 2 aromatic heterocycles. The summed E-state index contributed by atoms with van der Waals surface area (Å²) in [5.74, 6) is 2.18. The molecule has 0 radical (unpaired) electrons. The summed E-state index contributed by atoms with van der Waals surface area (Å²) in [6, 6.07) is 0. The second-order valence-corrected chi connectivity index (χ2v) is 6.63. The van der Waals surface area contributed by atoms with Crippen LogP contribution in [0, 0.1) is 13.8 Å². The molecule has 1 saturated heterocycles. The van der Waals surface area contributed by atoms with E-state index in [-0.39, 0.29) is 6.10 Å². The third-order valence-electron chi connectivity index (χ3n) is 4.80. The van der Waals surface area contributed by atoms with Gasteiger partial charge in [-0.15, -0.1) is 0 Å². The van der Waals surface area contributed by atoms with Gasteiger partial charge in [-0.3, -0.25) is 9.80 Å². The number of aryl methyl sites for hydroxylation is 2. The molecule has 0 bridgehead atoms. The third kappa shape index (κ3) is 4.45. The van der Waals surface area contributed by atoms with E-state index >= 15 is 0 Å². The summed E-state index contributed by atoms with van der Waals surface area (Å²) in [4.78, 5) is 9.25. The summed E-state index contributed by atoms with van der Waals surface area (Å²) in [5, 5.41) is 8.04. The topological polar surface area (TPSA) is 80.7 Å². The van der Waals surface area contributed by atoms with Crippen LogP contribution in [-0.4, -0.2) is 58.4 Å². The van der Waals surface area contributed by atoms with Crippen LogP contribution in [0.15, 0.2) is 9.05 Å². The summed E-state index contributed by atoms with van der Waals surface area (Å²) in [6.45, 7) is 11.5. The predicted molar refractivity (Wildman–Crippen MR) is 90.9 cm³/mol. The Bertz CT molecular complexity index is 664. The van der Waals surface area contributed by atoms with E-state index in [4.69, 9.17) is 13.8 Å². The molecular formula is C17H27N5O3. The van der Waals surface area contributed by atoms with E-state index in [1.807, 2.05) is 20.8 Å². The molecule has 0 spiro atoms. The highest BCUT2D eigenvalue weighted by atomic mass is 16.5. The molecule has 138 valence electrons. The van der Waals surface area contributed by atoms with Crippen LogP contribution in [0.5, 0.6) is 0 Å². The molecule has 0 N–H and O–H groups in total. The van der Waals surface area contributed by atoms with Crippen molar-refractivity contribution in [2.75, 3.05) is 33.3 Å². The molecular weight excluding hydrogens is 322 g/mol. The van der Waals surface area contributed by atoms with Gasteiger partial charge < -0.3 is 13.8 Å². The molecule has 1 fully saturated rings. The van der Waals surface area contributed by atoms with Crippen LogP contribution in [0.25, 0.3) is 0 Å². The Morgan fingerprint density at radius 3 is 2.40 bits per heavy atom. The minimum atomic E-state index is -0.146. The predicted octanol–water partition coefficient (Wildman–Crippen LogP) is 2.09. The van der Waals surface area contributed by atoms with Crippen LogP contribution in [0.2, 0.25) is 0 Å². The van der Waals surface area contributed by atoms with Crippen molar-refractivity contribution in [3.63, 3.8) is 0 Å². The van der Waals surface area contributed by atoms with E-state index in [9.17, 15) is 0 Å². The van der Waals surface area contributed by atoms with E-state index in [1.165, 1.54) is 5.56 Å². The Morgan fingerprint density at radius 2 is 1.76 bits per heavy atom. The standard InChI is InChI=1S/C17H27N5O3/c1-12-15(13(2)24-19-12)10-21-6-5-7-22(9-8-21)11-16-18-17(20-25-16)14(3)23-4/h14H,5-11H2,1-4H3/t14-/m0/s1. The van der Waals surface area contributed by atoms with E-state index in [0.29, 0.717) is 18.3 Å². The molecule has 0 aliphatic carbocycles. The van der Waals surface area contributed by atoms with E-state index in [2.05, 4.69) is 25.1 Å². The van der Waals surface area contributed by atoms with Gasteiger partial charge in [0, 0.05) is 32.3 Å². The smallest absolute Gasteiger partial charge is 0.240 e. The van der Waals surface area contributed by atoms with Gasteiger partial charge in [-0.1, -0.05) is 10.3 Å². The van der Waals surface area contributed by atoms with E-state index in [1.54, 1.807) is 7.11 Å². The number of methoxy groups -OCH3 is 1. The fraction of sp³-hybridized carbons (Fsp3) is 0.706. The molecule has 0 aromatic carbocycles. The first-order valence-corrected chi connectivity index (χ1v) is 8.78. The van der Waals surface area contributed by atoms with Gasteiger partial charge in [-0.25, -0.2) is 0 Å². The highest BCUT2D eigenvalue weighted by molar-refractivity contribution is 5.20. The van der Waals surface area contributed by atoms with Gasteiger partial charge in [0.1, 0.15) is 11.9 Å². The molecule has 3 heterocycles. The fourth-order valence-electron chi connectivity index (χ4n) is 3.09. The minimum Gasteiger partial charge on any atom is -0.374 e. The van der Waals surface area contributed by atoms with Crippen molar-refractivity contribution in [3.05, 3.63) is 28.7 Å². The number of ether oxygens (including phenoxy) is 1. The number of hydrogen-bond acceptors (Lipinski definition) is 8. The Kier molecular flexibility index (Phi) is 5.82. The first-order valence-electron chi connectivity index (χ1n) is 8.78. The number of rotatable bonds is 6. The van der Waals surface area contributed by atoms with E-state index in [0.717, 1.165) is 50.6 Å². The van der Waals surface area contributed by atoms with Crippen molar-refractivity contribution in [1.82, 2.24) is 25.1 Å². The second kappa shape index (κ2) is 8.07. The van der Waals surface area contributed by atoms with Crippen molar-refractivity contribution in [3.8, 4) is 0 Å². The summed E-state index contributed by atoms with van der Waals surface area (Å²) in [5.41, 5.74) is 2.20. The molecule has 1 aliphatic heterocycles. The zero-order valence-electron chi connectivity index (χ0n) is 15.5. The summed E-state index contributed by atoms with van der Waals surface area (Å²) in [6.07, 6.45) is 0.964. The largest absolute Gasteiger partial charge is 0.374 e. The Hall–Kier alpha value is -1.77. The van der Waals surface area contributed by atoms with Crippen LogP contribution >= 0.6 is 0 Å². The molecule has 25 heavy (non-hydrogen) atoms. The van der Waals surface area contributed by atoms with Crippen molar-refractivity contribution < 1.29 is 13.8 Å². The second-order valence-electron chi connectivity index (χ2n) is 6.63. The summed E-state index contributed by atoms with van der Waals surface area (Å²) in [7, 11) is 1.64. The first-order chi connectivity index (χ1) is 12.1. The quantitative estimate of drug-likeness (QED) is 0.784. The first kappa shape index (κ1) is 18.0. The Labute approximate surface area is 148 Å². The van der Waals surface area contributed by atoms with Gasteiger partial charge in [0.25, 0.3) is 0 Å². The van der Waals surface area contributed by atoms with Gasteiger partial charge in [0.2, 0.25) is 5.89 Å². The monoisotopic (exact) mass is 349 g/mol. The summed E-state index contributed by atoms with van der Waals surface area (Å²) < 4.78 is 15.9. The molecule has 1 aliphatic rings. The molecule has 0 amide bonds. The Balaban J connectivity index is 1.54. The maximum Gasteiger partial charge on any atom is 0.240 e. The molecule has 3 rings (SSSR count). The molecule has 1 atom stereocenters. The van der Waals surface area contributed by atoms with Crippen molar-refractivity contribution >= 4 is 0 Å². The lowest BCUT2D eigenvalue weighted by Crippen LogP contribution is -2.30. The Morgan fingerprint density at radius 1 is 1.04 bits per heavy atom. The van der Waals surface area contributed by atoms with Crippen LogP contribution in [-0.2, 0) is 17.8 Å². The normalized spacial score (nSPS) is 18.4. The lowest BCUT2D eigenvalue weighted by Gasteiger charge is -2.20. The maximum atomic E-state index is 5.36. The average molecular weight is 349 g/mol. The van der Waals surface area contributed by atoms with Crippen LogP contribution in [0.1, 0.15) is 48.2 Å².